The van der Waals surface area contributed by atoms with Crippen LogP contribution < -0.4 is 10.1 Å². The first-order chi connectivity index (χ1) is 7.63. The van der Waals surface area contributed by atoms with Crippen LogP contribution >= 0.6 is 0 Å². The lowest BCUT2D eigenvalue weighted by Gasteiger charge is -2.13. The van der Waals surface area contributed by atoms with E-state index in [1.54, 1.807) is 0 Å². The maximum absolute atomic E-state index is 5.72. The van der Waals surface area contributed by atoms with Crippen LogP contribution in [-0.2, 0) is 6.54 Å². The Morgan fingerprint density at radius 1 is 1.44 bits per heavy atom. The van der Waals surface area contributed by atoms with Crippen molar-refractivity contribution in [3.05, 3.63) is 23.5 Å². The van der Waals surface area contributed by atoms with Gasteiger partial charge in [0.15, 0.2) is 0 Å². The molecule has 16 heavy (non-hydrogen) atoms. The molecule has 3 heteroatoms. The second-order valence-corrected chi connectivity index (χ2v) is 4.32. The molecule has 0 bridgehead atoms. The van der Waals surface area contributed by atoms with Crippen LogP contribution in [0, 0.1) is 6.92 Å². The zero-order chi connectivity index (χ0) is 12.0. The van der Waals surface area contributed by atoms with Gasteiger partial charge in [0.1, 0.15) is 5.75 Å². The van der Waals surface area contributed by atoms with Gasteiger partial charge in [-0.2, -0.15) is 0 Å². The summed E-state index contributed by atoms with van der Waals surface area (Å²) in [5.41, 5.74) is 2.13. The van der Waals surface area contributed by atoms with Crippen LogP contribution in [0.25, 0.3) is 0 Å². The number of rotatable bonds is 6. The van der Waals surface area contributed by atoms with Crippen molar-refractivity contribution in [3.8, 4) is 5.75 Å². The second-order valence-electron chi connectivity index (χ2n) is 4.32. The SMILES string of the molecule is CCCOc1cc(C)ncc1CNC(C)C. The summed E-state index contributed by atoms with van der Waals surface area (Å²) >= 11 is 0. The number of pyridine rings is 1. The zero-order valence-corrected chi connectivity index (χ0v) is 10.7. The predicted octanol–water partition coefficient (Wildman–Crippen LogP) is 2.68. The quantitative estimate of drug-likeness (QED) is 0.803. The molecule has 0 saturated carbocycles. The van der Waals surface area contributed by atoms with Gasteiger partial charge in [0.25, 0.3) is 0 Å². The average molecular weight is 222 g/mol. The van der Waals surface area contributed by atoms with Crippen LogP contribution in [0.2, 0.25) is 0 Å². The van der Waals surface area contributed by atoms with Gasteiger partial charge in [-0.25, -0.2) is 0 Å². The first kappa shape index (κ1) is 13.0. The largest absolute Gasteiger partial charge is 0.493 e. The molecule has 3 nitrogen and oxygen atoms in total. The van der Waals surface area contributed by atoms with Crippen LogP contribution in [0.5, 0.6) is 5.75 Å². The number of aromatic nitrogens is 1. The molecule has 0 amide bonds. The van der Waals surface area contributed by atoms with Crippen molar-refractivity contribution < 1.29 is 4.74 Å². The summed E-state index contributed by atoms with van der Waals surface area (Å²) < 4.78 is 5.72. The van der Waals surface area contributed by atoms with Crippen LogP contribution in [-0.4, -0.2) is 17.6 Å². The zero-order valence-electron chi connectivity index (χ0n) is 10.7. The monoisotopic (exact) mass is 222 g/mol. The minimum absolute atomic E-state index is 0.473. The molecule has 90 valence electrons. The van der Waals surface area contributed by atoms with Gasteiger partial charge in [-0.1, -0.05) is 20.8 Å². The molecule has 1 heterocycles. The highest BCUT2D eigenvalue weighted by atomic mass is 16.5. The van der Waals surface area contributed by atoms with Crippen molar-refractivity contribution in [2.24, 2.45) is 0 Å². The third-order valence-corrected chi connectivity index (χ3v) is 2.24. The van der Waals surface area contributed by atoms with Crippen LogP contribution in [0.15, 0.2) is 12.3 Å². The van der Waals surface area contributed by atoms with E-state index < -0.39 is 0 Å². The number of nitrogens with one attached hydrogen (secondary N) is 1. The fourth-order valence-electron chi connectivity index (χ4n) is 1.36. The van der Waals surface area contributed by atoms with Crippen molar-refractivity contribution in [3.63, 3.8) is 0 Å². The summed E-state index contributed by atoms with van der Waals surface area (Å²) in [6.07, 6.45) is 2.92. The van der Waals surface area contributed by atoms with Crippen LogP contribution in [0.4, 0.5) is 0 Å². The molecule has 1 aromatic heterocycles. The molecular formula is C13H22N2O. The van der Waals surface area contributed by atoms with Gasteiger partial charge in [0.2, 0.25) is 0 Å². The van der Waals surface area contributed by atoms with E-state index in [1.165, 1.54) is 0 Å². The number of aryl methyl sites for hydroxylation is 1. The standard InChI is InChI=1S/C13H22N2O/c1-5-6-16-13-7-11(4)15-9-12(13)8-14-10(2)3/h7,9-10,14H,5-6,8H2,1-4H3. The van der Waals surface area contributed by atoms with E-state index in [0.29, 0.717) is 6.04 Å². The van der Waals surface area contributed by atoms with Gasteiger partial charge in [0.05, 0.1) is 6.61 Å². The topological polar surface area (TPSA) is 34.1 Å². The number of hydrogen-bond donors (Lipinski definition) is 1. The van der Waals surface area contributed by atoms with Crippen LogP contribution in [0.3, 0.4) is 0 Å². The lowest BCUT2D eigenvalue weighted by molar-refractivity contribution is 0.312. The summed E-state index contributed by atoms with van der Waals surface area (Å²) in [5.74, 6) is 0.961. The first-order valence-electron chi connectivity index (χ1n) is 5.95. The fraction of sp³-hybridized carbons (Fsp3) is 0.615. The highest BCUT2D eigenvalue weighted by Gasteiger charge is 2.05. The van der Waals surface area contributed by atoms with E-state index >= 15 is 0 Å². The van der Waals surface area contributed by atoms with Gasteiger partial charge in [0, 0.05) is 36.1 Å². The van der Waals surface area contributed by atoms with Crippen molar-refractivity contribution >= 4 is 0 Å². The average Bonchev–Trinajstić information content (AvgIpc) is 2.24. The van der Waals surface area contributed by atoms with Crippen molar-refractivity contribution in [1.29, 1.82) is 0 Å². The minimum Gasteiger partial charge on any atom is -0.493 e. The van der Waals surface area contributed by atoms with Gasteiger partial charge in [-0.05, 0) is 13.3 Å². The molecule has 0 aliphatic rings. The van der Waals surface area contributed by atoms with Gasteiger partial charge in [-0.15, -0.1) is 0 Å². The Labute approximate surface area is 98.2 Å². The van der Waals surface area contributed by atoms with Crippen molar-refractivity contribution in [2.45, 2.75) is 46.7 Å². The molecule has 0 spiro atoms. The molecule has 0 unspecified atom stereocenters. The molecule has 0 aromatic carbocycles. The lowest BCUT2D eigenvalue weighted by atomic mass is 10.2. The summed E-state index contributed by atoms with van der Waals surface area (Å²) in [7, 11) is 0. The van der Waals surface area contributed by atoms with Gasteiger partial charge < -0.3 is 10.1 Å². The first-order valence-corrected chi connectivity index (χ1v) is 5.95. The molecule has 1 N–H and O–H groups in total. The van der Waals surface area contributed by atoms with E-state index in [1.807, 2.05) is 19.2 Å². The molecule has 0 aliphatic carbocycles. The lowest BCUT2D eigenvalue weighted by Crippen LogP contribution is -2.22. The molecule has 0 saturated heterocycles. The van der Waals surface area contributed by atoms with E-state index in [4.69, 9.17) is 4.74 Å². The molecule has 1 rings (SSSR count). The van der Waals surface area contributed by atoms with Crippen molar-refractivity contribution in [2.75, 3.05) is 6.61 Å². The molecular weight excluding hydrogens is 200 g/mol. The summed E-state index contributed by atoms with van der Waals surface area (Å²) in [6, 6.07) is 2.48. The highest BCUT2D eigenvalue weighted by Crippen LogP contribution is 2.18. The Bertz CT molecular complexity index is 324. The highest BCUT2D eigenvalue weighted by molar-refractivity contribution is 5.32. The van der Waals surface area contributed by atoms with Gasteiger partial charge >= 0.3 is 0 Å². The predicted molar refractivity (Wildman–Crippen MR) is 66.7 cm³/mol. The third kappa shape index (κ3) is 4.19. The Balaban J connectivity index is 2.72. The Kier molecular flexibility index (Phi) is 5.26. The summed E-state index contributed by atoms with van der Waals surface area (Å²) in [4.78, 5) is 4.31. The fourth-order valence-corrected chi connectivity index (χ4v) is 1.36. The molecule has 0 fully saturated rings. The van der Waals surface area contributed by atoms with E-state index in [-0.39, 0.29) is 0 Å². The Morgan fingerprint density at radius 2 is 2.19 bits per heavy atom. The van der Waals surface area contributed by atoms with E-state index in [2.05, 4.69) is 31.1 Å². The molecule has 1 aromatic rings. The number of hydrogen-bond acceptors (Lipinski definition) is 3. The minimum atomic E-state index is 0.473. The normalized spacial score (nSPS) is 10.8. The number of ether oxygens (including phenoxy) is 1. The van der Waals surface area contributed by atoms with E-state index in [9.17, 15) is 0 Å². The molecule has 0 radical (unpaired) electrons. The summed E-state index contributed by atoms with van der Waals surface area (Å²) in [5, 5.41) is 3.38. The summed E-state index contributed by atoms with van der Waals surface area (Å²) in [6.45, 7) is 9.93. The molecule has 0 aliphatic heterocycles. The Hall–Kier alpha value is -1.09. The number of nitrogens with zero attached hydrogens (tertiary/aromatic N) is 1. The van der Waals surface area contributed by atoms with Crippen LogP contribution in [0.1, 0.15) is 38.4 Å². The third-order valence-electron chi connectivity index (χ3n) is 2.24. The van der Waals surface area contributed by atoms with Gasteiger partial charge in [-0.3, -0.25) is 4.98 Å². The van der Waals surface area contributed by atoms with Crippen molar-refractivity contribution in [1.82, 2.24) is 10.3 Å². The second kappa shape index (κ2) is 6.48. The van der Waals surface area contributed by atoms with E-state index in [0.717, 1.165) is 36.6 Å². The molecule has 0 atom stereocenters. The Morgan fingerprint density at radius 3 is 2.81 bits per heavy atom. The maximum atomic E-state index is 5.72. The maximum Gasteiger partial charge on any atom is 0.127 e. The smallest absolute Gasteiger partial charge is 0.127 e.